The van der Waals surface area contributed by atoms with Crippen molar-refractivity contribution in [2.24, 2.45) is 11.1 Å². The first-order valence-corrected chi connectivity index (χ1v) is 6.31. The van der Waals surface area contributed by atoms with Crippen LogP contribution in [0.5, 0.6) is 0 Å². The summed E-state index contributed by atoms with van der Waals surface area (Å²) in [6, 6.07) is -2.38. The van der Waals surface area contributed by atoms with Crippen LogP contribution < -0.4 is 5.73 Å². The molecule has 1 saturated heterocycles. The van der Waals surface area contributed by atoms with Crippen molar-refractivity contribution in [3.8, 4) is 0 Å². The molecule has 1 aliphatic rings. The van der Waals surface area contributed by atoms with E-state index in [1.807, 2.05) is 27.7 Å². The SMILES string of the molecule is CC.CC[C@@]1(C)CCN(C(=O)[C@H](N)C(F)(F)F)C1. The van der Waals surface area contributed by atoms with E-state index in [0.29, 0.717) is 13.1 Å². The van der Waals surface area contributed by atoms with Crippen LogP contribution in [-0.2, 0) is 4.79 Å². The Hall–Kier alpha value is -0.780. The number of rotatable bonds is 2. The van der Waals surface area contributed by atoms with E-state index in [9.17, 15) is 18.0 Å². The molecule has 3 nitrogen and oxygen atoms in total. The summed E-state index contributed by atoms with van der Waals surface area (Å²) in [6.07, 6.45) is -3.07. The summed E-state index contributed by atoms with van der Waals surface area (Å²) in [6.45, 7) is 8.68. The van der Waals surface area contributed by atoms with Crippen molar-refractivity contribution in [3.63, 3.8) is 0 Å². The van der Waals surface area contributed by atoms with Gasteiger partial charge >= 0.3 is 6.18 Å². The summed E-state index contributed by atoms with van der Waals surface area (Å²) in [5.41, 5.74) is 4.82. The van der Waals surface area contributed by atoms with E-state index in [1.165, 1.54) is 4.90 Å². The zero-order chi connectivity index (χ0) is 14.6. The number of likely N-dealkylation sites (tertiary alicyclic amines) is 1. The van der Waals surface area contributed by atoms with Crippen molar-refractivity contribution in [1.82, 2.24) is 4.90 Å². The smallest absolute Gasteiger partial charge is 0.340 e. The summed E-state index contributed by atoms with van der Waals surface area (Å²) in [5, 5.41) is 0. The number of carbonyl (C=O) groups is 1. The highest BCUT2D eigenvalue weighted by Gasteiger charge is 2.46. The number of hydrogen-bond donors (Lipinski definition) is 1. The van der Waals surface area contributed by atoms with E-state index >= 15 is 0 Å². The minimum Gasteiger partial charge on any atom is -0.340 e. The fourth-order valence-corrected chi connectivity index (χ4v) is 1.84. The quantitative estimate of drug-likeness (QED) is 0.836. The molecule has 0 saturated carbocycles. The normalized spacial score (nSPS) is 25.4. The lowest BCUT2D eigenvalue weighted by Gasteiger charge is -2.25. The molecule has 2 N–H and O–H groups in total. The molecule has 0 unspecified atom stereocenters. The highest BCUT2D eigenvalue weighted by atomic mass is 19.4. The third-order valence-corrected chi connectivity index (χ3v) is 3.34. The lowest BCUT2D eigenvalue weighted by Crippen LogP contribution is -2.51. The van der Waals surface area contributed by atoms with Crippen LogP contribution in [0, 0.1) is 5.41 Å². The Kier molecular flexibility index (Phi) is 6.13. The number of carbonyl (C=O) groups excluding carboxylic acids is 1. The standard InChI is InChI=1S/C10H17F3N2O.C2H6/c1-3-9(2)4-5-15(6-9)8(16)7(14)10(11,12)13;1-2/h7H,3-6,14H2,1-2H3;1-2H3/t7-,9-;/m0./s1. The van der Waals surface area contributed by atoms with E-state index in [2.05, 4.69) is 0 Å². The van der Waals surface area contributed by atoms with Crippen molar-refractivity contribution in [1.29, 1.82) is 0 Å². The molecule has 0 bridgehead atoms. The molecule has 1 fully saturated rings. The second-order valence-corrected chi connectivity index (χ2v) is 4.69. The number of amides is 1. The molecule has 1 aliphatic heterocycles. The molecule has 0 aromatic rings. The fourth-order valence-electron chi connectivity index (χ4n) is 1.84. The van der Waals surface area contributed by atoms with Gasteiger partial charge in [0, 0.05) is 13.1 Å². The van der Waals surface area contributed by atoms with Crippen LogP contribution in [0.4, 0.5) is 13.2 Å². The molecule has 1 amide bonds. The largest absolute Gasteiger partial charge is 0.412 e. The second kappa shape index (κ2) is 6.41. The Morgan fingerprint density at radius 3 is 2.28 bits per heavy atom. The minimum absolute atomic E-state index is 0.0685. The molecular formula is C12H23F3N2O. The first kappa shape index (κ1) is 17.2. The lowest BCUT2D eigenvalue weighted by molar-refractivity contribution is -0.169. The molecule has 108 valence electrons. The predicted octanol–water partition coefficient (Wildman–Crippen LogP) is 2.55. The first-order valence-electron chi connectivity index (χ1n) is 6.31. The molecule has 0 spiro atoms. The third-order valence-electron chi connectivity index (χ3n) is 3.34. The molecule has 2 atom stereocenters. The number of hydrogen-bond acceptors (Lipinski definition) is 2. The molecule has 0 aromatic heterocycles. The van der Waals surface area contributed by atoms with Crippen LogP contribution in [0.1, 0.15) is 40.5 Å². The maximum Gasteiger partial charge on any atom is 0.412 e. The number of alkyl halides is 3. The summed E-state index contributed by atoms with van der Waals surface area (Å²) < 4.78 is 36.8. The van der Waals surface area contributed by atoms with E-state index in [4.69, 9.17) is 5.73 Å². The van der Waals surface area contributed by atoms with Crippen molar-refractivity contribution < 1.29 is 18.0 Å². The lowest BCUT2D eigenvalue weighted by atomic mass is 9.87. The molecule has 0 aromatic carbocycles. The number of halogens is 3. The van der Waals surface area contributed by atoms with Crippen LogP contribution in [0.3, 0.4) is 0 Å². The predicted molar refractivity (Wildman–Crippen MR) is 65.0 cm³/mol. The van der Waals surface area contributed by atoms with Crippen LogP contribution in [0.15, 0.2) is 0 Å². The average molecular weight is 268 g/mol. The molecule has 1 heterocycles. The Morgan fingerprint density at radius 2 is 1.94 bits per heavy atom. The van der Waals surface area contributed by atoms with Gasteiger partial charge in [-0.2, -0.15) is 13.2 Å². The zero-order valence-corrected chi connectivity index (χ0v) is 11.5. The van der Waals surface area contributed by atoms with Gasteiger partial charge in [0.25, 0.3) is 0 Å². The first-order chi connectivity index (χ1) is 8.19. The van der Waals surface area contributed by atoms with Crippen LogP contribution in [-0.4, -0.2) is 36.1 Å². The van der Waals surface area contributed by atoms with Gasteiger partial charge in [-0.1, -0.05) is 27.7 Å². The van der Waals surface area contributed by atoms with Gasteiger partial charge in [0.2, 0.25) is 5.91 Å². The summed E-state index contributed by atoms with van der Waals surface area (Å²) in [4.78, 5) is 12.7. The molecule has 0 aliphatic carbocycles. The van der Waals surface area contributed by atoms with Crippen molar-refractivity contribution >= 4 is 5.91 Å². The fraction of sp³-hybridized carbons (Fsp3) is 0.917. The van der Waals surface area contributed by atoms with Gasteiger partial charge in [-0.25, -0.2) is 0 Å². The second-order valence-electron chi connectivity index (χ2n) is 4.69. The third kappa shape index (κ3) is 4.15. The van der Waals surface area contributed by atoms with Crippen LogP contribution in [0.25, 0.3) is 0 Å². The van der Waals surface area contributed by atoms with Gasteiger partial charge < -0.3 is 10.6 Å². The molecule has 18 heavy (non-hydrogen) atoms. The Balaban J connectivity index is 0.00000137. The summed E-state index contributed by atoms with van der Waals surface area (Å²) in [5.74, 6) is -1.01. The van der Waals surface area contributed by atoms with Gasteiger partial charge in [0.15, 0.2) is 6.04 Å². The van der Waals surface area contributed by atoms with Gasteiger partial charge in [-0.15, -0.1) is 0 Å². The molecule has 1 rings (SSSR count). The van der Waals surface area contributed by atoms with Crippen LogP contribution in [0.2, 0.25) is 0 Å². The minimum atomic E-state index is -4.65. The van der Waals surface area contributed by atoms with E-state index < -0.39 is 18.1 Å². The topological polar surface area (TPSA) is 46.3 Å². The molecule has 6 heteroatoms. The highest BCUT2D eigenvalue weighted by molar-refractivity contribution is 5.82. The van der Waals surface area contributed by atoms with Gasteiger partial charge in [0.05, 0.1) is 0 Å². The Labute approximate surface area is 107 Å². The maximum absolute atomic E-state index is 12.3. The number of nitrogens with zero attached hydrogens (tertiary/aromatic N) is 1. The summed E-state index contributed by atoms with van der Waals surface area (Å²) in [7, 11) is 0. The maximum atomic E-state index is 12.3. The monoisotopic (exact) mass is 268 g/mol. The van der Waals surface area contributed by atoms with Crippen molar-refractivity contribution in [2.45, 2.75) is 52.8 Å². The number of nitrogens with two attached hydrogens (primary N) is 1. The van der Waals surface area contributed by atoms with E-state index in [0.717, 1.165) is 12.8 Å². The van der Waals surface area contributed by atoms with Gasteiger partial charge in [-0.05, 0) is 18.3 Å². The molecule has 0 radical (unpaired) electrons. The van der Waals surface area contributed by atoms with Gasteiger partial charge in [-0.3, -0.25) is 4.79 Å². The summed E-state index contributed by atoms with van der Waals surface area (Å²) >= 11 is 0. The van der Waals surface area contributed by atoms with Gasteiger partial charge in [0.1, 0.15) is 0 Å². The van der Waals surface area contributed by atoms with E-state index in [1.54, 1.807) is 0 Å². The Bertz CT molecular complexity index is 281. The van der Waals surface area contributed by atoms with Crippen molar-refractivity contribution in [2.75, 3.05) is 13.1 Å². The average Bonchev–Trinajstić information content (AvgIpc) is 2.72. The van der Waals surface area contributed by atoms with E-state index in [-0.39, 0.29) is 5.41 Å². The Morgan fingerprint density at radius 1 is 1.44 bits per heavy atom. The van der Waals surface area contributed by atoms with Crippen molar-refractivity contribution in [3.05, 3.63) is 0 Å². The highest BCUT2D eigenvalue weighted by Crippen LogP contribution is 2.34. The van der Waals surface area contributed by atoms with Crippen LogP contribution >= 0.6 is 0 Å². The molecular weight excluding hydrogens is 245 g/mol. The zero-order valence-electron chi connectivity index (χ0n) is 11.5.